The van der Waals surface area contributed by atoms with Crippen molar-refractivity contribution in [3.05, 3.63) is 114 Å². The molecule has 0 spiro atoms. The number of rotatable bonds is 17. The quantitative estimate of drug-likeness (QED) is 0.0600. The van der Waals surface area contributed by atoms with E-state index in [4.69, 9.17) is 38.4 Å². The average molecular weight is 861 g/mol. The number of methoxy groups -OCH3 is 1. The molecule has 1 amide bonds. The highest BCUT2D eigenvalue weighted by atomic mass is 16.7. The SMILES string of the molecule is C=CCOC12Oc3ccc(Oc4ccc5ccccc5c4)cc3C3C(CCCCO)C(CCCCO)C=C(C(=NOC(C)(C)C)CC1N(Cc1ccc4c(c1)OCO4)C(=O)OC)C32. The minimum Gasteiger partial charge on any atom is -0.459 e. The summed E-state index contributed by atoms with van der Waals surface area (Å²) in [4.78, 5) is 22.3. The lowest BCUT2D eigenvalue weighted by molar-refractivity contribution is -0.256. The Kier molecular flexibility index (Phi) is 13.3. The molecule has 0 saturated heterocycles. The summed E-state index contributed by atoms with van der Waals surface area (Å²) in [6, 6.07) is 25.1. The van der Waals surface area contributed by atoms with Crippen LogP contribution in [0.25, 0.3) is 10.8 Å². The molecule has 2 aliphatic carbocycles. The summed E-state index contributed by atoms with van der Waals surface area (Å²) < 4.78 is 38.1. The first-order chi connectivity index (χ1) is 30.5. The van der Waals surface area contributed by atoms with Gasteiger partial charge in [0.2, 0.25) is 12.6 Å². The number of ether oxygens (including phenoxy) is 6. The lowest BCUT2D eigenvalue weighted by atomic mass is 9.55. The minimum absolute atomic E-state index is 0.0400. The number of aliphatic hydroxyl groups is 2. The van der Waals surface area contributed by atoms with E-state index in [1.54, 1.807) is 11.0 Å². The number of oxime groups is 1. The first-order valence-electron chi connectivity index (χ1n) is 22.2. The van der Waals surface area contributed by atoms with Gasteiger partial charge in [0.1, 0.15) is 28.9 Å². The standard InChI is InChI=1S/C51H60N2O10/c1-6-25-60-51-46(53(49(56)57-5)31-33-17-21-44-45(26-33)59-32-58-44)30-42(52-63-50(2,3)4)40-28-36(15-9-11-23-54)39(16-10-12-24-55)47(48(40)51)41-29-38(20-22-43(41)62-51)61-37-19-18-34-13-7-8-14-35(34)27-37/h6-8,13-14,17-22,26-29,36,39,46-48,54-55H,1,9-12,15-16,23-25,30-32H2,2-5H3. The largest absolute Gasteiger partial charge is 0.459 e. The van der Waals surface area contributed by atoms with E-state index in [-0.39, 0.29) is 57.3 Å². The second-order valence-electron chi connectivity index (χ2n) is 17.9. The van der Waals surface area contributed by atoms with Gasteiger partial charge in [0.25, 0.3) is 0 Å². The van der Waals surface area contributed by atoms with Crippen molar-refractivity contribution in [2.75, 3.05) is 33.7 Å². The van der Waals surface area contributed by atoms with Crippen LogP contribution < -0.4 is 18.9 Å². The number of unbranched alkanes of at least 4 members (excludes halogenated alkanes) is 2. The number of amides is 1. The number of hydrogen-bond donors (Lipinski definition) is 2. The highest BCUT2D eigenvalue weighted by molar-refractivity contribution is 6.03. The van der Waals surface area contributed by atoms with E-state index in [0.717, 1.165) is 53.2 Å². The molecule has 8 rings (SSSR count). The lowest BCUT2D eigenvalue weighted by Crippen LogP contribution is -2.70. The van der Waals surface area contributed by atoms with Gasteiger partial charge in [-0.1, -0.05) is 66.5 Å². The molecule has 1 fully saturated rings. The number of benzene rings is 4. The van der Waals surface area contributed by atoms with Crippen molar-refractivity contribution < 1.29 is 48.3 Å². The number of fused-ring (bicyclic) bond motifs is 4. The van der Waals surface area contributed by atoms with Gasteiger partial charge in [-0.3, -0.25) is 4.90 Å². The Morgan fingerprint density at radius 1 is 0.905 bits per heavy atom. The number of allylic oxidation sites excluding steroid dienone is 1. The molecule has 4 aliphatic rings. The summed E-state index contributed by atoms with van der Waals surface area (Å²) >= 11 is 0. The van der Waals surface area contributed by atoms with Crippen molar-refractivity contribution in [1.82, 2.24) is 4.90 Å². The van der Waals surface area contributed by atoms with Crippen LogP contribution in [0, 0.1) is 17.8 Å². The maximum atomic E-state index is 14.4. The van der Waals surface area contributed by atoms with Gasteiger partial charge in [-0.15, -0.1) is 6.58 Å². The Bertz CT molecular complexity index is 2340. The maximum absolute atomic E-state index is 14.4. The molecule has 12 heteroatoms. The molecule has 12 nitrogen and oxygen atoms in total. The molecule has 6 atom stereocenters. The third-order valence-corrected chi connectivity index (χ3v) is 12.6. The molecule has 334 valence electrons. The van der Waals surface area contributed by atoms with Crippen molar-refractivity contribution in [3.8, 4) is 28.7 Å². The second kappa shape index (κ2) is 19.0. The first kappa shape index (κ1) is 44.1. The van der Waals surface area contributed by atoms with Gasteiger partial charge < -0.3 is 43.5 Å². The van der Waals surface area contributed by atoms with Crippen LogP contribution in [0.1, 0.15) is 82.8 Å². The van der Waals surface area contributed by atoms with E-state index < -0.39 is 29.4 Å². The Hall–Kier alpha value is -5.56. The monoisotopic (exact) mass is 860 g/mol. The topological polar surface area (TPSA) is 138 Å². The Morgan fingerprint density at radius 2 is 1.63 bits per heavy atom. The zero-order chi connectivity index (χ0) is 44.1. The zero-order valence-corrected chi connectivity index (χ0v) is 36.8. The fourth-order valence-corrected chi connectivity index (χ4v) is 9.93. The fraction of sp³-hybridized carbons (Fsp3) is 0.451. The normalized spacial score (nSPS) is 23.9. The molecule has 63 heavy (non-hydrogen) atoms. The van der Waals surface area contributed by atoms with Crippen LogP contribution in [0.4, 0.5) is 4.79 Å². The first-order valence-corrected chi connectivity index (χ1v) is 22.2. The molecule has 4 aromatic rings. The zero-order valence-electron chi connectivity index (χ0n) is 36.8. The summed E-state index contributed by atoms with van der Waals surface area (Å²) in [5, 5.41) is 27.1. The number of carbonyl (C=O) groups excluding carboxylic acids is 1. The van der Waals surface area contributed by atoms with Gasteiger partial charge in [0, 0.05) is 37.7 Å². The van der Waals surface area contributed by atoms with Gasteiger partial charge >= 0.3 is 6.09 Å². The number of aliphatic hydroxyl groups excluding tert-OH is 2. The van der Waals surface area contributed by atoms with E-state index in [9.17, 15) is 15.0 Å². The van der Waals surface area contributed by atoms with Crippen LogP contribution in [0.3, 0.4) is 0 Å². The maximum Gasteiger partial charge on any atom is 0.410 e. The highest BCUT2D eigenvalue weighted by Gasteiger charge is 2.65. The van der Waals surface area contributed by atoms with Crippen LogP contribution in [0.15, 0.2) is 108 Å². The van der Waals surface area contributed by atoms with Crippen molar-refractivity contribution in [1.29, 1.82) is 0 Å². The fourth-order valence-electron chi connectivity index (χ4n) is 9.93. The number of nitrogens with zero attached hydrogens (tertiary/aromatic N) is 2. The molecule has 2 N–H and O–H groups in total. The van der Waals surface area contributed by atoms with E-state index in [2.05, 4.69) is 36.9 Å². The Morgan fingerprint density at radius 3 is 2.40 bits per heavy atom. The van der Waals surface area contributed by atoms with Gasteiger partial charge in [-0.25, -0.2) is 4.79 Å². The summed E-state index contributed by atoms with van der Waals surface area (Å²) in [6.07, 6.45) is 8.27. The molecule has 6 unspecified atom stereocenters. The van der Waals surface area contributed by atoms with Gasteiger partial charge in [0.05, 0.1) is 25.3 Å². The third-order valence-electron chi connectivity index (χ3n) is 12.6. The molecular formula is C51H60N2O10. The van der Waals surface area contributed by atoms with Crippen molar-refractivity contribution in [2.45, 2.75) is 95.6 Å². The molecule has 4 aromatic carbocycles. The van der Waals surface area contributed by atoms with Crippen LogP contribution in [-0.4, -0.2) is 78.1 Å². The third kappa shape index (κ3) is 9.25. The van der Waals surface area contributed by atoms with Crippen molar-refractivity contribution in [2.24, 2.45) is 22.9 Å². The summed E-state index contributed by atoms with van der Waals surface area (Å²) in [5.41, 5.74) is 2.78. The average Bonchev–Trinajstić information content (AvgIpc) is 3.76. The predicted molar refractivity (Wildman–Crippen MR) is 240 cm³/mol. The molecule has 2 heterocycles. The summed E-state index contributed by atoms with van der Waals surface area (Å²) in [7, 11) is 1.38. The Balaban J connectivity index is 1.33. The molecular weight excluding hydrogens is 801 g/mol. The van der Waals surface area contributed by atoms with E-state index in [0.29, 0.717) is 47.3 Å². The smallest absolute Gasteiger partial charge is 0.410 e. The predicted octanol–water partition coefficient (Wildman–Crippen LogP) is 10.1. The highest BCUT2D eigenvalue weighted by Crippen LogP contribution is 2.62. The molecule has 0 bridgehead atoms. The molecule has 0 radical (unpaired) electrons. The van der Waals surface area contributed by atoms with Crippen molar-refractivity contribution >= 4 is 22.6 Å². The van der Waals surface area contributed by atoms with Gasteiger partial charge in [-0.05, 0) is 123 Å². The summed E-state index contributed by atoms with van der Waals surface area (Å²) in [5.74, 6) is 1.14. The van der Waals surface area contributed by atoms with Crippen molar-refractivity contribution in [3.63, 3.8) is 0 Å². The van der Waals surface area contributed by atoms with Gasteiger partial charge in [0.15, 0.2) is 11.5 Å². The molecule has 1 saturated carbocycles. The van der Waals surface area contributed by atoms with Crippen LogP contribution in [0.5, 0.6) is 28.7 Å². The van der Waals surface area contributed by atoms with Gasteiger partial charge in [-0.2, -0.15) is 0 Å². The molecule has 2 aliphatic heterocycles. The number of carbonyl (C=O) groups is 1. The lowest BCUT2D eigenvalue weighted by Gasteiger charge is -2.59. The van der Waals surface area contributed by atoms with Crippen LogP contribution >= 0.6 is 0 Å². The van der Waals surface area contributed by atoms with E-state index in [1.165, 1.54) is 7.11 Å². The van der Waals surface area contributed by atoms with Crippen LogP contribution in [-0.2, 0) is 20.9 Å². The van der Waals surface area contributed by atoms with E-state index in [1.807, 2.05) is 75.4 Å². The minimum atomic E-state index is -1.46. The molecule has 0 aromatic heterocycles. The van der Waals surface area contributed by atoms with Crippen LogP contribution in [0.2, 0.25) is 0 Å². The summed E-state index contributed by atoms with van der Waals surface area (Å²) in [6.45, 7) is 10.5. The second-order valence-corrected chi connectivity index (χ2v) is 17.9. The Labute approximate surface area is 370 Å². The number of hydrogen-bond acceptors (Lipinski definition) is 11. The van der Waals surface area contributed by atoms with E-state index >= 15 is 0 Å².